The van der Waals surface area contributed by atoms with Gasteiger partial charge in [-0.1, -0.05) is 30.3 Å². The summed E-state index contributed by atoms with van der Waals surface area (Å²) in [5.41, 5.74) is 9.74. The molecule has 2 aliphatic rings. The summed E-state index contributed by atoms with van der Waals surface area (Å²) in [6.45, 7) is 2.21. The molecule has 5 heteroatoms. The van der Waals surface area contributed by atoms with Gasteiger partial charge in [-0.3, -0.25) is 9.48 Å². The van der Waals surface area contributed by atoms with Crippen molar-refractivity contribution in [3.63, 3.8) is 0 Å². The van der Waals surface area contributed by atoms with Gasteiger partial charge >= 0.3 is 0 Å². The van der Waals surface area contributed by atoms with Crippen LogP contribution >= 0.6 is 0 Å². The second-order valence-electron chi connectivity index (χ2n) is 7.83. The van der Waals surface area contributed by atoms with E-state index in [1.807, 2.05) is 24.0 Å². The van der Waals surface area contributed by atoms with Crippen LogP contribution in [0.25, 0.3) is 0 Å². The van der Waals surface area contributed by atoms with E-state index >= 15 is 0 Å². The first-order valence-electron chi connectivity index (χ1n) is 9.70. The van der Waals surface area contributed by atoms with E-state index in [9.17, 15) is 4.79 Å². The van der Waals surface area contributed by atoms with Crippen molar-refractivity contribution < 1.29 is 4.79 Å². The van der Waals surface area contributed by atoms with Gasteiger partial charge in [-0.25, -0.2) is 0 Å². The van der Waals surface area contributed by atoms with Crippen LogP contribution in [0, 0.1) is 0 Å². The molecule has 1 saturated heterocycles. The lowest BCUT2D eigenvalue weighted by Crippen LogP contribution is -2.49. The van der Waals surface area contributed by atoms with Crippen LogP contribution in [0.4, 0.5) is 0 Å². The summed E-state index contributed by atoms with van der Waals surface area (Å²) in [6, 6.07) is 10.5. The first kappa shape index (κ1) is 17.3. The first-order valence-corrected chi connectivity index (χ1v) is 9.70. The third kappa shape index (κ3) is 2.94. The summed E-state index contributed by atoms with van der Waals surface area (Å²) >= 11 is 0. The Bertz CT molecular complexity index is 775. The highest BCUT2D eigenvalue weighted by Gasteiger charge is 2.39. The van der Waals surface area contributed by atoms with Crippen LogP contribution in [0.2, 0.25) is 0 Å². The quantitative estimate of drug-likeness (QED) is 0.922. The zero-order valence-corrected chi connectivity index (χ0v) is 15.5. The van der Waals surface area contributed by atoms with Crippen LogP contribution in [-0.4, -0.2) is 40.2 Å². The summed E-state index contributed by atoms with van der Waals surface area (Å²) in [5.74, 6) is 0.257. The van der Waals surface area contributed by atoms with Gasteiger partial charge in [0.15, 0.2) is 0 Å². The smallest absolute Gasteiger partial charge is 0.230 e. The lowest BCUT2D eigenvalue weighted by Gasteiger charge is -2.42. The summed E-state index contributed by atoms with van der Waals surface area (Å²) in [6.07, 6.45) is 6.89. The average molecular weight is 352 g/mol. The highest BCUT2D eigenvalue weighted by molar-refractivity contribution is 5.84. The highest BCUT2D eigenvalue weighted by Crippen LogP contribution is 2.37. The van der Waals surface area contributed by atoms with Crippen molar-refractivity contribution >= 4 is 5.91 Å². The topological polar surface area (TPSA) is 64.2 Å². The Morgan fingerprint density at radius 1 is 1.27 bits per heavy atom. The normalized spacial score (nSPS) is 22.1. The van der Waals surface area contributed by atoms with Crippen molar-refractivity contribution in [2.45, 2.75) is 43.4 Å². The molecule has 138 valence electrons. The molecule has 1 atom stereocenters. The van der Waals surface area contributed by atoms with Crippen molar-refractivity contribution in [3.05, 3.63) is 53.3 Å². The van der Waals surface area contributed by atoms with Gasteiger partial charge in [0, 0.05) is 43.9 Å². The number of carbonyl (C=O) groups excluding carboxylic acids is 1. The van der Waals surface area contributed by atoms with E-state index in [1.165, 1.54) is 5.56 Å². The maximum atomic E-state index is 13.2. The Balaban J connectivity index is 1.49. The van der Waals surface area contributed by atoms with E-state index < -0.39 is 0 Å². The molecule has 1 amide bonds. The number of fused-ring (bicyclic) bond motifs is 1. The maximum Gasteiger partial charge on any atom is 0.230 e. The summed E-state index contributed by atoms with van der Waals surface area (Å²) in [7, 11) is 1.94. The fourth-order valence-electron chi connectivity index (χ4n) is 4.70. The molecule has 1 fully saturated rings. The third-order valence-corrected chi connectivity index (χ3v) is 6.33. The van der Waals surface area contributed by atoms with Gasteiger partial charge in [-0.05, 0) is 37.7 Å². The number of piperidine rings is 1. The lowest BCUT2D eigenvalue weighted by atomic mass is 9.72. The minimum atomic E-state index is -0.0189. The molecule has 5 nitrogen and oxygen atoms in total. The Labute approximate surface area is 155 Å². The fourth-order valence-corrected chi connectivity index (χ4v) is 4.70. The molecule has 2 heterocycles. The Morgan fingerprint density at radius 2 is 2.00 bits per heavy atom. The number of nitrogens with zero attached hydrogens (tertiary/aromatic N) is 3. The molecule has 4 rings (SSSR count). The third-order valence-electron chi connectivity index (χ3n) is 6.33. The summed E-state index contributed by atoms with van der Waals surface area (Å²) in [4.78, 5) is 15.3. The van der Waals surface area contributed by atoms with Crippen molar-refractivity contribution in [3.8, 4) is 0 Å². The minimum absolute atomic E-state index is 0.00404. The number of benzene rings is 1. The molecule has 0 radical (unpaired) electrons. The Kier molecular flexibility index (Phi) is 4.57. The molecule has 1 aliphatic carbocycles. The molecular weight excluding hydrogens is 324 g/mol. The largest absolute Gasteiger partial charge is 0.342 e. The number of aromatic nitrogens is 2. The van der Waals surface area contributed by atoms with Crippen LogP contribution in [0.5, 0.6) is 0 Å². The lowest BCUT2D eigenvalue weighted by molar-refractivity contribution is -0.134. The van der Waals surface area contributed by atoms with E-state index in [0.717, 1.165) is 56.5 Å². The molecule has 1 aromatic carbocycles. The summed E-state index contributed by atoms with van der Waals surface area (Å²) in [5, 5.41) is 4.53. The van der Waals surface area contributed by atoms with Crippen molar-refractivity contribution in [2.24, 2.45) is 12.8 Å². The Morgan fingerprint density at radius 3 is 2.69 bits per heavy atom. The number of rotatable bonds is 3. The zero-order chi connectivity index (χ0) is 18.1. The number of aryl methyl sites for hydroxylation is 2. The van der Waals surface area contributed by atoms with Crippen LogP contribution in [0.1, 0.15) is 48.4 Å². The highest BCUT2D eigenvalue weighted by atomic mass is 16.2. The van der Waals surface area contributed by atoms with Crippen molar-refractivity contribution in [2.75, 3.05) is 19.6 Å². The predicted molar refractivity (Wildman–Crippen MR) is 102 cm³/mol. The SMILES string of the molecule is Cn1cc2c(n1)CCCC2C(=O)N1CCC(CN)(c2ccccc2)CC1. The predicted octanol–water partition coefficient (Wildman–Crippen LogP) is 2.36. The van der Waals surface area contributed by atoms with Gasteiger partial charge in [0.2, 0.25) is 5.91 Å². The standard InChI is InChI=1S/C21H28N4O/c1-24-14-18-17(8-5-9-19(18)23-24)20(26)25-12-10-21(15-22,11-13-25)16-6-3-2-4-7-16/h2-4,6-7,14,17H,5,8-13,15,22H2,1H3. The average Bonchev–Trinajstić information content (AvgIpc) is 3.08. The van der Waals surface area contributed by atoms with Crippen LogP contribution in [0.15, 0.2) is 36.5 Å². The van der Waals surface area contributed by atoms with Gasteiger partial charge in [-0.15, -0.1) is 0 Å². The van der Waals surface area contributed by atoms with E-state index in [-0.39, 0.29) is 17.2 Å². The molecular formula is C21H28N4O. The monoisotopic (exact) mass is 352 g/mol. The van der Waals surface area contributed by atoms with Gasteiger partial charge < -0.3 is 10.6 Å². The second kappa shape index (κ2) is 6.88. The molecule has 26 heavy (non-hydrogen) atoms. The van der Waals surface area contributed by atoms with Crippen molar-refractivity contribution in [1.29, 1.82) is 0 Å². The van der Waals surface area contributed by atoms with Crippen LogP contribution in [-0.2, 0) is 23.7 Å². The number of carbonyl (C=O) groups is 1. The van der Waals surface area contributed by atoms with Gasteiger partial charge in [0.05, 0.1) is 11.6 Å². The van der Waals surface area contributed by atoms with Crippen LogP contribution in [0.3, 0.4) is 0 Å². The van der Waals surface area contributed by atoms with E-state index in [2.05, 4.69) is 34.3 Å². The van der Waals surface area contributed by atoms with Gasteiger partial charge in [0.25, 0.3) is 0 Å². The van der Waals surface area contributed by atoms with Crippen molar-refractivity contribution in [1.82, 2.24) is 14.7 Å². The molecule has 0 bridgehead atoms. The molecule has 0 spiro atoms. The van der Waals surface area contributed by atoms with Crippen LogP contribution < -0.4 is 5.73 Å². The van der Waals surface area contributed by atoms with Gasteiger partial charge in [-0.2, -0.15) is 5.10 Å². The van der Waals surface area contributed by atoms with E-state index in [0.29, 0.717) is 6.54 Å². The number of amides is 1. The van der Waals surface area contributed by atoms with Gasteiger partial charge in [0.1, 0.15) is 0 Å². The molecule has 1 aliphatic heterocycles. The number of hydrogen-bond acceptors (Lipinski definition) is 3. The first-order chi connectivity index (χ1) is 12.6. The molecule has 2 aromatic rings. The number of nitrogens with two attached hydrogens (primary N) is 1. The minimum Gasteiger partial charge on any atom is -0.342 e. The second-order valence-corrected chi connectivity index (χ2v) is 7.83. The fraction of sp³-hybridized carbons (Fsp3) is 0.524. The molecule has 1 aromatic heterocycles. The molecule has 1 unspecified atom stereocenters. The Hall–Kier alpha value is -2.14. The van der Waals surface area contributed by atoms with E-state index in [1.54, 1.807) is 0 Å². The number of likely N-dealkylation sites (tertiary alicyclic amines) is 1. The molecule has 0 saturated carbocycles. The maximum absolute atomic E-state index is 13.2. The molecule has 2 N–H and O–H groups in total. The summed E-state index contributed by atoms with van der Waals surface area (Å²) < 4.78 is 1.85. The zero-order valence-electron chi connectivity index (χ0n) is 15.5. The number of hydrogen-bond donors (Lipinski definition) is 1. The van der Waals surface area contributed by atoms with E-state index in [4.69, 9.17) is 5.73 Å².